The summed E-state index contributed by atoms with van der Waals surface area (Å²) in [5, 5.41) is 0. The second-order valence-electron chi connectivity index (χ2n) is 5.50. The van der Waals surface area contributed by atoms with E-state index in [9.17, 15) is 13.2 Å². The highest BCUT2D eigenvalue weighted by atomic mass is 32.2. The standard InChI is InChI=1S/C14H21N3O3S/c1-21(19,20)17-6-2-3-11(10-17)7-14(18)12-4-5-16-13(8-12)9-15/h4-5,8,11H,2-3,6-7,9-10,15H2,1H3. The van der Waals surface area contributed by atoms with Crippen molar-refractivity contribution in [2.75, 3.05) is 19.3 Å². The minimum atomic E-state index is -3.17. The molecule has 1 unspecified atom stereocenters. The van der Waals surface area contributed by atoms with Crippen LogP contribution < -0.4 is 5.73 Å². The molecule has 0 aliphatic carbocycles. The van der Waals surface area contributed by atoms with Gasteiger partial charge in [-0.15, -0.1) is 0 Å². The number of carbonyl (C=O) groups is 1. The molecule has 0 amide bonds. The van der Waals surface area contributed by atoms with Crippen molar-refractivity contribution >= 4 is 15.8 Å². The topological polar surface area (TPSA) is 93.4 Å². The molecule has 0 bridgehead atoms. The van der Waals surface area contributed by atoms with Gasteiger partial charge in [0.1, 0.15) is 0 Å². The van der Waals surface area contributed by atoms with Crippen molar-refractivity contribution in [1.82, 2.24) is 9.29 Å². The number of nitrogens with zero attached hydrogens (tertiary/aromatic N) is 2. The molecule has 116 valence electrons. The SMILES string of the molecule is CS(=O)(=O)N1CCCC(CC(=O)c2ccnc(CN)c2)C1. The third-order valence-electron chi connectivity index (χ3n) is 3.77. The number of rotatable bonds is 5. The Morgan fingerprint density at radius 2 is 2.29 bits per heavy atom. The molecule has 1 saturated heterocycles. The number of pyridine rings is 1. The summed E-state index contributed by atoms with van der Waals surface area (Å²) in [6.45, 7) is 1.28. The van der Waals surface area contributed by atoms with E-state index in [4.69, 9.17) is 5.73 Å². The van der Waals surface area contributed by atoms with Gasteiger partial charge in [-0.2, -0.15) is 0 Å². The summed E-state index contributed by atoms with van der Waals surface area (Å²) >= 11 is 0. The van der Waals surface area contributed by atoms with Gasteiger partial charge in [0.25, 0.3) is 0 Å². The van der Waals surface area contributed by atoms with Crippen LogP contribution in [-0.4, -0.2) is 42.8 Å². The van der Waals surface area contributed by atoms with E-state index in [1.807, 2.05) is 0 Å². The highest BCUT2D eigenvalue weighted by Gasteiger charge is 2.27. The molecule has 21 heavy (non-hydrogen) atoms. The van der Waals surface area contributed by atoms with Crippen LogP contribution in [0.4, 0.5) is 0 Å². The molecule has 0 spiro atoms. The first kappa shape index (κ1) is 16.1. The third-order valence-corrected chi connectivity index (χ3v) is 5.04. The van der Waals surface area contributed by atoms with Gasteiger partial charge in [-0.3, -0.25) is 9.78 Å². The quantitative estimate of drug-likeness (QED) is 0.811. The van der Waals surface area contributed by atoms with E-state index in [2.05, 4.69) is 4.98 Å². The first-order chi connectivity index (χ1) is 9.90. The molecule has 7 heteroatoms. The Balaban J connectivity index is 2.02. The Labute approximate surface area is 125 Å². The molecule has 1 atom stereocenters. The van der Waals surface area contributed by atoms with Gasteiger partial charge < -0.3 is 5.73 Å². The highest BCUT2D eigenvalue weighted by molar-refractivity contribution is 7.88. The minimum Gasteiger partial charge on any atom is -0.325 e. The smallest absolute Gasteiger partial charge is 0.211 e. The molecule has 2 N–H and O–H groups in total. The van der Waals surface area contributed by atoms with Crippen LogP contribution in [0.25, 0.3) is 0 Å². The molecular formula is C14H21N3O3S. The monoisotopic (exact) mass is 311 g/mol. The van der Waals surface area contributed by atoms with Crippen LogP contribution in [0, 0.1) is 5.92 Å². The van der Waals surface area contributed by atoms with Crippen molar-refractivity contribution in [3.63, 3.8) is 0 Å². The molecule has 2 heterocycles. The largest absolute Gasteiger partial charge is 0.325 e. The number of hydrogen-bond donors (Lipinski definition) is 1. The summed E-state index contributed by atoms with van der Waals surface area (Å²) in [5.41, 5.74) is 6.80. The van der Waals surface area contributed by atoms with Crippen molar-refractivity contribution in [2.24, 2.45) is 11.7 Å². The van der Waals surface area contributed by atoms with Gasteiger partial charge in [-0.05, 0) is 30.9 Å². The van der Waals surface area contributed by atoms with Crippen LogP contribution in [0.15, 0.2) is 18.3 Å². The fourth-order valence-electron chi connectivity index (χ4n) is 2.64. The second kappa shape index (κ2) is 6.64. The summed E-state index contributed by atoms with van der Waals surface area (Å²) < 4.78 is 24.6. The number of nitrogens with two attached hydrogens (primary N) is 1. The summed E-state index contributed by atoms with van der Waals surface area (Å²) in [4.78, 5) is 16.4. The van der Waals surface area contributed by atoms with E-state index < -0.39 is 10.0 Å². The van der Waals surface area contributed by atoms with E-state index >= 15 is 0 Å². The normalized spacial score (nSPS) is 20.4. The zero-order valence-corrected chi connectivity index (χ0v) is 13.0. The van der Waals surface area contributed by atoms with Gasteiger partial charge in [-0.1, -0.05) is 0 Å². The summed E-state index contributed by atoms with van der Waals surface area (Å²) in [5.74, 6) is 0.0999. The van der Waals surface area contributed by atoms with Crippen molar-refractivity contribution < 1.29 is 13.2 Å². The molecule has 0 aromatic carbocycles. The van der Waals surface area contributed by atoms with Crippen LogP contribution >= 0.6 is 0 Å². The van der Waals surface area contributed by atoms with Crippen molar-refractivity contribution in [3.05, 3.63) is 29.6 Å². The predicted molar refractivity (Wildman–Crippen MR) is 80.2 cm³/mol. The van der Waals surface area contributed by atoms with Crippen LogP contribution in [0.3, 0.4) is 0 Å². The predicted octanol–water partition coefficient (Wildman–Crippen LogP) is 0.785. The number of carbonyl (C=O) groups excluding carboxylic acids is 1. The first-order valence-corrected chi connectivity index (χ1v) is 8.88. The molecule has 6 nitrogen and oxygen atoms in total. The third kappa shape index (κ3) is 4.33. The summed E-state index contributed by atoms with van der Waals surface area (Å²) in [6, 6.07) is 3.39. The average molecular weight is 311 g/mol. The highest BCUT2D eigenvalue weighted by Crippen LogP contribution is 2.23. The Hall–Kier alpha value is -1.31. The number of hydrogen-bond acceptors (Lipinski definition) is 5. The molecule has 1 aliphatic rings. The fourth-order valence-corrected chi connectivity index (χ4v) is 3.58. The lowest BCUT2D eigenvalue weighted by Gasteiger charge is -2.30. The summed E-state index contributed by atoms with van der Waals surface area (Å²) in [7, 11) is -3.17. The van der Waals surface area contributed by atoms with E-state index in [0.717, 1.165) is 12.8 Å². The minimum absolute atomic E-state index is 0.0208. The molecular weight excluding hydrogens is 290 g/mol. The molecule has 1 aromatic rings. The van der Waals surface area contributed by atoms with Crippen molar-refractivity contribution in [1.29, 1.82) is 0 Å². The molecule has 1 aliphatic heterocycles. The van der Waals surface area contributed by atoms with Crippen LogP contribution in [0.5, 0.6) is 0 Å². The maximum Gasteiger partial charge on any atom is 0.211 e. The summed E-state index contributed by atoms with van der Waals surface area (Å²) in [6.07, 6.45) is 4.84. The van der Waals surface area contributed by atoms with Gasteiger partial charge in [-0.25, -0.2) is 12.7 Å². The van der Waals surface area contributed by atoms with E-state index in [-0.39, 0.29) is 11.7 Å². The lowest BCUT2D eigenvalue weighted by Crippen LogP contribution is -2.39. The van der Waals surface area contributed by atoms with E-state index in [0.29, 0.717) is 37.3 Å². The van der Waals surface area contributed by atoms with Gasteiger partial charge in [0, 0.05) is 37.8 Å². The maximum absolute atomic E-state index is 12.3. The van der Waals surface area contributed by atoms with Gasteiger partial charge in [0.15, 0.2) is 5.78 Å². The van der Waals surface area contributed by atoms with Crippen LogP contribution in [0.2, 0.25) is 0 Å². The lowest BCUT2D eigenvalue weighted by atomic mass is 9.92. The van der Waals surface area contributed by atoms with Crippen LogP contribution in [0.1, 0.15) is 35.3 Å². The van der Waals surface area contributed by atoms with Gasteiger partial charge in [0.2, 0.25) is 10.0 Å². The zero-order chi connectivity index (χ0) is 15.5. The van der Waals surface area contributed by atoms with Crippen LogP contribution in [-0.2, 0) is 16.6 Å². The number of aromatic nitrogens is 1. The number of piperidine rings is 1. The number of ketones is 1. The van der Waals surface area contributed by atoms with E-state index in [1.54, 1.807) is 18.3 Å². The Morgan fingerprint density at radius 3 is 2.95 bits per heavy atom. The second-order valence-corrected chi connectivity index (χ2v) is 7.48. The average Bonchev–Trinajstić information content (AvgIpc) is 2.46. The van der Waals surface area contributed by atoms with E-state index in [1.165, 1.54) is 10.6 Å². The Bertz CT molecular complexity index is 616. The maximum atomic E-state index is 12.3. The Morgan fingerprint density at radius 1 is 1.52 bits per heavy atom. The van der Waals surface area contributed by atoms with Crippen molar-refractivity contribution in [2.45, 2.75) is 25.8 Å². The van der Waals surface area contributed by atoms with Gasteiger partial charge >= 0.3 is 0 Å². The molecule has 0 saturated carbocycles. The van der Waals surface area contributed by atoms with Gasteiger partial charge in [0.05, 0.1) is 11.9 Å². The number of sulfonamides is 1. The fraction of sp³-hybridized carbons (Fsp3) is 0.571. The van der Waals surface area contributed by atoms with Crippen molar-refractivity contribution in [3.8, 4) is 0 Å². The molecule has 1 aromatic heterocycles. The molecule has 0 radical (unpaired) electrons. The number of Topliss-reactive ketones (excluding diaryl/α,β-unsaturated/α-hetero) is 1. The molecule has 2 rings (SSSR count). The zero-order valence-electron chi connectivity index (χ0n) is 12.2. The first-order valence-electron chi connectivity index (χ1n) is 7.03. The molecule has 1 fully saturated rings. The lowest BCUT2D eigenvalue weighted by molar-refractivity contribution is 0.0942. The Kier molecular flexibility index (Phi) is 5.08.